The SMILES string of the molecule is CN(Cc1cccnc1)c1nc(C(F)(F)F)ccc1CN. The Morgan fingerprint density at radius 1 is 1.24 bits per heavy atom. The summed E-state index contributed by atoms with van der Waals surface area (Å²) in [5, 5.41) is 0. The Bertz CT molecular complexity index is 599. The number of halogens is 3. The monoisotopic (exact) mass is 296 g/mol. The van der Waals surface area contributed by atoms with E-state index >= 15 is 0 Å². The summed E-state index contributed by atoms with van der Waals surface area (Å²) < 4.78 is 38.3. The van der Waals surface area contributed by atoms with Gasteiger partial charge in [0.1, 0.15) is 11.5 Å². The molecule has 2 aromatic rings. The molecule has 0 aliphatic rings. The van der Waals surface area contributed by atoms with E-state index in [1.807, 2.05) is 6.07 Å². The molecule has 0 aromatic carbocycles. The maximum atomic E-state index is 12.8. The lowest BCUT2D eigenvalue weighted by atomic mass is 10.2. The van der Waals surface area contributed by atoms with Crippen LogP contribution in [0.15, 0.2) is 36.7 Å². The number of pyridine rings is 2. The molecule has 7 heteroatoms. The molecular weight excluding hydrogens is 281 g/mol. The van der Waals surface area contributed by atoms with E-state index in [1.165, 1.54) is 6.07 Å². The van der Waals surface area contributed by atoms with E-state index in [-0.39, 0.29) is 12.4 Å². The van der Waals surface area contributed by atoms with Crippen molar-refractivity contribution in [3.05, 3.63) is 53.5 Å². The van der Waals surface area contributed by atoms with Crippen molar-refractivity contribution in [2.75, 3.05) is 11.9 Å². The van der Waals surface area contributed by atoms with Crippen molar-refractivity contribution in [3.63, 3.8) is 0 Å². The highest BCUT2D eigenvalue weighted by Gasteiger charge is 2.33. The Hall–Kier alpha value is -2.15. The van der Waals surface area contributed by atoms with Crippen LogP contribution in [0.3, 0.4) is 0 Å². The van der Waals surface area contributed by atoms with Crippen molar-refractivity contribution in [3.8, 4) is 0 Å². The molecule has 0 bridgehead atoms. The minimum Gasteiger partial charge on any atom is -0.355 e. The van der Waals surface area contributed by atoms with Gasteiger partial charge in [-0.3, -0.25) is 4.98 Å². The molecule has 21 heavy (non-hydrogen) atoms. The van der Waals surface area contributed by atoms with Crippen LogP contribution in [-0.2, 0) is 19.3 Å². The maximum absolute atomic E-state index is 12.8. The molecule has 0 aliphatic heterocycles. The zero-order valence-electron chi connectivity index (χ0n) is 11.4. The molecule has 112 valence electrons. The molecule has 0 aliphatic carbocycles. The predicted octanol–water partition coefficient (Wildman–Crippen LogP) is 2.59. The molecule has 0 fully saturated rings. The van der Waals surface area contributed by atoms with Gasteiger partial charge in [0.15, 0.2) is 0 Å². The highest BCUT2D eigenvalue weighted by Crippen LogP contribution is 2.30. The van der Waals surface area contributed by atoms with Gasteiger partial charge in [-0.15, -0.1) is 0 Å². The van der Waals surface area contributed by atoms with Crippen LogP contribution in [0.25, 0.3) is 0 Å². The Morgan fingerprint density at radius 2 is 2.00 bits per heavy atom. The quantitative estimate of drug-likeness (QED) is 0.942. The molecular formula is C14H15F3N4. The fourth-order valence-corrected chi connectivity index (χ4v) is 1.97. The first kappa shape index (κ1) is 15.2. The minimum atomic E-state index is -4.48. The van der Waals surface area contributed by atoms with Gasteiger partial charge in [0, 0.05) is 38.1 Å². The molecule has 0 amide bonds. The summed E-state index contributed by atoms with van der Waals surface area (Å²) >= 11 is 0. The lowest BCUT2D eigenvalue weighted by Gasteiger charge is -2.22. The van der Waals surface area contributed by atoms with E-state index in [4.69, 9.17) is 5.73 Å². The number of anilines is 1. The fourth-order valence-electron chi connectivity index (χ4n) is 1.97. The Labute approximate surface area is 120 Å². The average molecular weight is 296 g/mol. The number of aromatic nitrogens is 2. The summed E-state index contributed by atoms with van der Waals surface area (Å²) in [4.78, 5) is 9.32. The van der Waals surface area contributed by atoms with Crippen LogP contribution in [-0.4, -0.2) is 17.0 Å². The largest absolute Gasteiger partial charge is 0.433 e. The van der Waals surface area contributed by atoms with E-state index in [2.05, 4.69) is 9.97 Å². The van der Waals surface area contributed by atoms with Crippen LogP contribution in [0.2, 0.25) is 0 Å². The van der Waals surface area contributed by atoms with E-state index in [0.29, 0.717) is 12.1 Å². The first-order valence-electron chi connectivity index (χ1n) is 6.29. The van der Waals surface area contributed by atoms with Crippen molar-refractivity contribution >= 4 is 5.82 Å². The number of nitrogens with two attached hydrogens (primary N) is 1. The van der Waals surface area contributed by atoms with Crippen molar-refractivity contribution in [1.82, 2.24) is 9.97 Å². The van der Waals surface area contributed by atoms with Crippen LogP contribution in [0, 0.1) is 0 Å². The standard InChI is InChI=1S/C14H15F3N4/c1-21(9-10-3-2-6-19-8-10)13-11(7-18)4-5-12(20-13)14(15,16)17/h2-6,8H,7,9,18H2,1H3. The Morgan fingerprint density at radius 3 is 2.57 bits per heavy atom. The Balaban J connectivity index is 2.32. The lowest BCUT2D eigenvalue weighted by molar-refractivity contribution is -0.141. The van der Waals surface area contributed by atoms with Crippen LogP contribution >= 0.6 is 0 Å². The minimum absolute atomic E-state index is 0.123. The van der Waals surface area contributed by atoms with Gasteiger partial charge >= 0.3 is 6.18 Å². The first-order valence-corrected chi connectivity index (χ1v) is 6.29. The highest BCUT2D eigenvalue weighted by molar-refractivity contribution is 5.48. The maximum Gasteiger partial charge on any atom is 0.433 e. The third kappa shape index (κ3) is 3.69. The topological polar surface area (TPSA) is 55.0 Å². The van der Waals surface area contributed by atoms with Crippen molar-refractivity contribution in [1.29, 1.82) is 0 Å². The van der Waals surface area contributed by atoms with E-state index in [0.717, 1.165) is 11.6 Å². The van der Waals surface area contributed by atoms with E-state index in [9.17, 15) is 13.2 Å². The third-order valence-electron chi connectivity index (χ3n) is 2.97. The van der Waals surface area contributed by atoms with Crippen LogP contribution in [0.4, 0.5) is 19.0 Å². The molecule has 0 saturated heterocycles. The molecule has 4 nitrogen and oxygen atoms in total. The molecule has 0 unspecified atom stereocenters. The van der Waals surface area contributed by atoms with Crippen LogP contribution < -0.4 is 10.6 Å². The van der Waals surface area contributed by atoms with Gasteiger partial charge < -0.3 is 10.6 Å². The summed E-state index contributed by atoms with van der Waals surface area (Å²) in [7, 11) is 1.68. The molecule has 2 rings (SSSR count). The number of alkyl halides is 3. The number of hydrogen-bond donors (Lipinski definition) is 1. The molecule has 0 radical (unpaired) electrons. The summed E-state index contributed by atoms with van der Waals surface area (Å²) in [6.45, 7) is 0.521. The van der Waals surface area contributed by atoms with Gasteiger partial charge in [-0.05, 0) is 17.7 Å². The van der Waals surface area contributed by atoms with Gasteiger partial charge in [-0.1, -0.05) is 12.1 Å². The van der Waals surface area contributed by atoms with Gasteiger partial charge in [-0.25, -0.2) is 4.98 Å². The van der Waals surface area contributed by atoms with Gasteiger partial charge in [0.25, 0.3) is 0 Å². The molecule has 2 aromatic heterocycles. The second-order valence-corrected chi connectivity index (χ2v) is 4.60. The molecule has 0 spiro atoms. The second kappa shape index (κ2) is 6.09. The van der Waals surface area contributed by atoms with Gasteiger partial charge in [-0.2, -0.15) is 13.2 Å². The normalized spacial score (nSPS) is 11.5. The molecule has 2 N–H and O–H groups in total. The first-order chi connectivity index (χ1) is 9.91. The zero-order valence-corrected chi connectivity index (χ0v) is 11.4. The summed E-state index contributed by atoms with van der Waals surface area (Å²) in [6.07, 6.45) is -1.18. The smallest absolute Gasteiger partial charge is 0.355 e. The number of nitrogens with zero attached hydrogens (tertiary/aromatic N) is 3. The lowest BCUT2D eigenvalue weighted by Crippen LogP contribution is -2.22. The van der Waals surface area contributed by atoms with Crippen molar-refractivity contribution < 1.29 is 13.2 Å². The van der Waals surface area contributed by atoms with E-state index in [1.54, 1.807) is 30.4 Å². The Kier molecular flexibility index (Phi) is 4.42. The number of rotatable bonds is 4. The molecule has 0 atom stereocenters. The zero-order chi connectivity index (χ0) is 15.5. The summed E-state index contributed by atoms with van der Waals surface area (Å²) in [5.74, 6) is 0.233. The highest BCUT2D eigenvalue weighted by atomic mass is 19.4. The van der Waals surface area contributed by atoms with Crippen molar-refractivity contribution in [2.45, 2.75) is 19.3 Å². The van der Waals surface area contributed by atoms with Crippen LogP contribution in [0.5, 0.6) is 0 Å². The van der Waals surface area contributed by atoms with E-state index < -0.39 is 11.9 Å². The average Bonchev–Trinajstić information content (AvgIpc) is 2.46. The fraction of sp³-hybridized carbons (Fsp3) is 0.286. The van der Waals surface area contributed by atoms with Gasteiger partial charge in [0.05, 0.1) is 0 Å². The third-order valence-corrected chi connectivity index (χ3v) is 2.97. The summed E-state index contributed by atoms with van der Waals surface area (Å²) in [5.41, 5.74) is 6.10. The molecule has 0 saturated carbocycles. The predicted molar refractivity (Wildman–Crippen MR) is 73.5 cm³/mol. The molecule has 2 heterocycles. The van der Waals surface area contributed by atoms with Gasteiger partial charge in [0.2, 0.25) is 0 Å². The van der Waals surface area contributed by atoms with Crippen LogP contribution in [0.1, 0.15) is 16.8 Å². The summed E-state index contributed by atoms with van der Waals surface area (Å²) in [6, 6.07) is 5.93. The van der Waals surface area contributed by atoms with Crippen molar-refractivity contribution in [2.24, 2.45) is 5.73 Å². The number of hydrogen-bond acceptors (Lipinski definition) is 4. The second-order valence-electron chi connectivity index (χ2n) is 4.60.